The minimum atomic E-state index is -0.166. The zero-order valence-electron chi connectivity index (χ0n) is 13.1. The number of rotatable bonds is 5. The van der Waals surface area contributed by atoms with Gasteiger partial charge in [0.05, 0.1) is 30.9 Å². The Labute approximate surface area is 148 Å². The van der Waals surface area contributed by atoms with E-state index >= 15 is 0 Å². The van der Waals surface area contributed by atoms with Crippen molar-refractivity contribution in [3.05, 3.63) is 47.0 Å². The van der Waals surface area contributed by atoms with Gasteiger partial charge in [-0.2, -0.15) is 0 Å². The van der Waals surface area contributed by atoms with Crippen LogP contribution >= 0.6 is 22.9 Å². The van der Waals surface area contributed by atoms with Crippen LogP contribution in [0, 0.1) is 0 Å². The smallest absolute Gasteiger partial charge is 0.230 e. The van der Waals surface area contributed by atoms with Crippen LogP contribution in [0.15, 0.2) is 36.4 Å². The molecule has 0 aliphatic heterocycles. The highest BCUT2D eigenvalue weighted by atomic mass is 35.5. The molecule has 0 unspecified atom stereocenters. The summed E-state index contributed by atoms with van der Waals surface area (Å²) in [6.07, 6.45) is 0.197. The Hall–Kier alpha value is -2.31. The van der Waals surface area contributed by atoms with Gasteiger partial charge >= 0.3 is 0 Å². The molecule has 0 bridgehead atoms. The van der Waals surface area contributed by atoms with Crippen LogP contribution in [0.5, 0.6) is 11.5 Å². The summed E-state index contributed by atoms with van der Waals surface area (Å²) in [4.78, 5) is 16.6. The Morgan fingerprint density at radius 1 is 1.21 bits per heavy atom. The number of nitrogens with one attached hydrogen (secondary N) is 1. The standard InChI is InChI=1S/C17H15ClN2O3S/c1-22-13-8-12-15(9-14(13)23-2)24-17(19-12)20-16(21)7-10-5-3-4-6-11(10)18/h3-6,8-9H,7H2,1-2H3,(H,19,20,21). The van der Waals surface area contributed by atoms with Crippen LogP contribution in [0.25, 0.3) is 10.2 Å². The predicted molar refractivity (Wildman–Crippen MR) is 96.5 cm³/mol. The zero-order valence-corrected chi connectivity index (χ0v) is 14.7. The first-order valence-electron chi connectivity index (χ1n) is 7.16. The van der Waals surface area contributed by atoms with E-state index < -0.39 is 0 Å². The van der Waals surface area contributed by atoms with Crippen LogP contribution in [0.1, 0.15) is 5.56 Å². The number of fused-ring (bicyclic) bond motifs is 1. The molecule has 7 heteroatoms. The molecular weight excluding hydrogens is 348 g/mol. The molecule has 3 rings (SSSR count). The fraction of sp³-hybridized carbons (Fsp3) is 0.176. The number of aromatic nitrogens is 1. The first-order chi connectivity index (χ1) is 11.6. The van der Waals surface area contributed by atoms with Crippen molar-refractivity contribution in [3.8, 4) is 11.5 Å². The van der Waals surface area contributed by atoms with Crippen LogP contribution in [0.4, 0.5) is 5.13 Å². The van der Waals surface area contributed by atoms with Gasteiger partial charge in [0.1, 0.15) is 0 Å². The highest BCUT2D eigenvalue weighted by Gasteiger charge is 2.13. The number of anilines is 1. The maximum absolute atomic E-state index is 12.2. The molecule has 1 aromatic heterocycles. The van der Waals surface area contributed by atoms with Crippen molar-refractivity contribution >= 4 is 44.2 Å². The molecule has 0 aliphatic rings. The molecule has 0 saturated heterocycles. The topological polar surface area (TPSA) is 60.5 Å². The third-order valence-corrected chi connectivity index (χ3v) is 4.75. The lowest BCUT2D eigenvalue weighted by Crippen LogP contribution is -2.14. The summed E-state index contributed by atoms with van der Waals surface area (Å²) in [5.74, 6) is 1.06. The van der Waals surface area contributed by atoms with E-state index in [-0.39, 0.29) is 12.3 Å². The Bertz CT molecular complexity index is 854. The SMILES string of the molecule is COc1cc2nc(NC(=O)Cc3ccccc3Cl)sc2cc1OC. The van der Waals surface area contributed by atoms with Crippen LogP contribution in [0.2, 0.25) is 5.02 Å². The van der Waals surface area contributed by atoms with Gasteiger partial charge in [0.15, 0.2) is 16.6 Å². The minimum absolute atomic E-state index is 0.166. The Balaban J connectivity index is 1.80. The fourth-order valence-corrected chi connectivity index (χ4v) is 3.38. The maximum atomic E-state index is 12.2. The minimum Gasteiger partial charge on any atom is -0.493 e. The van der Waals surface area contributed by atoms with Crippen molar-refractivity contribution in [1.82, 2.24) is 4.98 Å². The monoisotopic (exact) mass is 362 g/mol. The van der Waals surface area contributed by atoms with Crippen molar-refractivity contribution < 1.29 is 14.3 Å². The molecule has 1 N–H and O–H groups in total. The second-order valence-corrected chi connectivity index (χ2v) is 6.45. The summed E-state index contributed by atoms with van der Waals surface area (Å²) in [6.45, 7) is 0. The molecule has 24 heavy (non-hydrogen) atoms. The van der Waals surface area contributed by atoms with Crippen molar-refractivity contribution in [2.75, 3.05) is 19.5 Å². The van der Waals surface area contributed by atoms with Crippen molar-refractivity contribution in [3.63, 3.8) is 0 Å². The first kappa shape index (κ1) is 16.5. The van der Waals surface area contributed by atoms with Gasteiger partial charge in [-0.25, -0.2) is 4.98 Å². The summed E-state index contributed by atoms with van der Waals surface area (Å²) in [5.41, 5.74) is 1.52. The second-order valence-electron chi connectivity index (χ2n) is 5.01. The van der Waals surface area contributed by atoms with Gasteiger partial charge in [0.2, 0.25) is 5.91 Å². The highest BCUT2D eigenvalue weighted by molar-refractivity contribution is 7.22. The number of thiazole rings is 1. The molecule has 0 aliphatic carbocycles. The second kappa shape index (κ2) is 7.07. The number of amides is 1. The third-order valence-electron chi connectivity index (χ3n) is 3.45. The van der Waals surface area contributed by atoms with Gasteiger partial charge < -0.3 is 14.8 Å². The summed E-state index contributed by atoms with van der Waals surface area (Å²) in [5, 5.41) is 3.91. The molecule has 0 atom stereocenters. The summed E-state index contributed by atoms with van der Waals surface area (Å²) < 4.78 is 11.4. The van der Waals surface area contributed by atoms with Gasteiger partial charge in [-0.1, -0.05) is 41.1 Å². The number of hydrogen-bond donors (Lipinski definition) is 1. The summed E-state index contributed by atoms with van der Waals surface area (Å²) in [7, 11) is 3.15. The number of halogens is 1. The molecule has 124 valence electrons. The van der Waals surface area contributed by atoms with Crippen molar-refractivity contribution in [2.45, 2.75) is 6.42 Å². The molecule has 0 spiro atoms. The number of methoxy groups -OCH3 is 2. The van der Waals surface area contributed by atoms with Gasteiger partial charge in [-0.3, -0.25) is 4.79 Å². The molecular formula is C17H15ClN2O3S. The molecule has 3 aromatic rings. The lowest BCUT2D eigenvalue weighted by Gasteiger charge is -2.05. The first-order valence-corrected chi connectivity index (χ1v) is 8.36. The van der Waals surface area contributed by atoms with E-state index in [0.717, 1.165) is 15.8 Å². The van der Waals surface area contributed by atoms with E-state index in [9.17, 15) is 4.79 Å². The summed E-state index contributed by atoms with van der Waals surface area (Å²) >= 11 is 7.46. The Kier molecular flexibility index (Phi) is 4.87. The number of hydrogen-bond acceptors (Lipinski definition) is 5. The Morgan fingerprint density at radius 2 is 1.92 bits per heavy atom. The lowest BCUT2D eigenvalue weighted by atomic mass is 10.1. The molecule has 0 radical (unpaired) electrons. The van der Waals surface area contributed by atoms with Crippen LogP contribution in [0.3, 0.4) is 0 Å². The predicted octanol–water partition coefficient (Wildman–Crippen LogP) is 4.15. The average Bonchev–Trinajstić information content (AvgIpc) is 2.96. The van der Waals surface area contributed by atoms with Crippen LogP contribution in [-0.2, 0) is 11.2 Å². The lowest BCUT2D eigenvalue weighted by molar-refractivity contribution is -0.115. The quantitative estimate of drug-likeness (QED) is 0.740. The number of carbonyl (C=O) groups is 1. The number of benzene rings is 2. The molecule has 0 fully saturated rings. The molecule has 1 amide bonds. The largest absolute Gasteiger partial charge is 0.493 e. The van der Waals surface area contributed by atoms with Gasteiger partial charge in [0.25, 0.3) is 0 Å². The average molecular weight is 363 g/mol. The molecule has 1 heterocycles. The van der Waals surface area contributed by atoms with E-state index in [4.69, 9.17) is 21.1 Å². The van der Waals surface area contributed by atoms with E-state index in [2.05, 4.69) is 10.3 Å². The summed E-state index contributed by atoms with van der Waals surface area (Å²) in [6, 6.07) is 10.9. The van der Waals surface area contributed by atoms with Crippen LogP contribution < -0.4 is 14.8 Å². The van der Waals surface area contributed by atoms with Crippen molar-refractivity contribution in [1.29, 1.82) is 0 Å². The van der Waals surface area contributed by atoms with E-state index in [1.54, 1.807) is 26.4 Å². The van der Waals surface area contributed by atoms with Gasteiger partial charge in [0, 0.05) is 17.2 Å². The maximum Gasteiger partial charge on any atom is 0.230 e. The molecule has 0 saturated carbocycles. The van der Waals surface area contributed by atoms with Gasteiger partial charge in [-0.15, -0.1) is 0 Å². The number of ether oxygens (including phenoxy) is 2. The van der Waals surface area contributed by atoms with E-state index in [0.29, 0.717) is 21.7 Å². The highest BCUT2D eigenvalue weighted by Crippen LogP contribution is 2.36. The normalized spacial score (nSPS) is 10.6. The van der Waals surface area contributed by atoms with Crippen LogP contribution in [-0.4, -0.2) is 25.1 Å². The van der Waals surface area contributed by atoms with E-state index in [1.165, 1.54) is 11.3 Å². The number of carbonyl (C=O) groups excluding carboxylic acids is 1. The van der Waals surface area contributed by atoms with Crippen molar-refractivity contribution in [2.24, 2.45) is 0 Å². The fourth-order valence-electron chi connectivity index (χ4n) is 2.29. The van der Waals surface area contributed by atoms with Gasteiger partial charge in [-0.05, 0) is 11.6 Å². The Morgan fingerprint density at radius 3 is 2.62 bits per heavy atom. The number of nitrogens with zero attached hydrogens (tertiary/aromatic N) is 1. The molecule has 2 aromatic carbocycles. The van der Waals surface area contributed by atoms with E-state index in [1.807, 2.05) is 24.3 Å². The molecule has 5 nitrogen and oxygen atoms in total. The third kappa shape index (κ3) is 3.44. The zero-order chi connectivity index (χ0) is 17.1.